The summed E-state index contributed by atoms with van der Waals surface area (Å²) in [5.74, 6) is 0.400. The molecule has 2 rings (SSSR count). The van der Waals surface area contributed by atoms with Gasteiger partial charge in [-0.25, -0.2) is 0 Å². The molecule has 1 atom stereocenters. The Bertz CT molecular complexity index is 667. The lowest BCUT2D eigenvalue weighted by atomic mass is 9.81. The predicted octanol–water partition coefficient (Wildman–Crippen LogP) is 1.50. The molecule has 0 radical (unpaired) electrons. The van der Waals surface area contributed by atoms with Gasteiger partial charge in [-0.1, -0.05) is 58.0 Å². The lowest BCUT2D eigenvalue weighted by Crippen LogP contribution is -2.44. The molecule has 1 aromatic heterocycles. The van der Waals surface area contributed by atoms with Gasteiger partial charge in [-0.05, 0) is 11.1 Å². The fourth-order valence-electron chi connectivity index (χ4n) is 2.53. The maximum Gasteiger partial charge on any atom is 0.243 e. The van der Waals surface area contributed by atoms with Crippen LogP contribution >= 0.6 is 0 Å². The standard InChI is InChI=1S/C17H25N5O2/c1-12(2)15(24)17(3,4)11-18-14(23)10-22-20-16(19-21-22)13-8-6-5-7-9-13/h5-9,12,15,24H,10-11H2,1-4H3,(H,18,23). The van der Waals surface area contributed by atoms with E-state index in [2.05, 4.69) is 20.7 Å². The van der Waals surface area contributed by atoms with E-state index in [9.17, 15) is 9.90 Å². The quantitative estimate of drug-likeness (QED) is 0.802. The number of hydrogen-bond donors (Lipinski definition) is 2. The van der Waals surface area contributed by atoms with E-state index >= 15 is 0 Å². The highest BCUT2D eigenvalue weighted by molar-refractivity contribution is 5.75. The minimum absolute atomic E-state index is 0.00626. The highest BCUT2D eigenvalue weighted by Gasteiger charge is 2.30. The number of benzene rings is 1. The zero-order valence-electron chi connectivity index (χ0n) is 14.6. The van der Waals surface area contributed by atoms with Crippen molar-refractivity contribution in [2.24, 2.45) is 11.3 Å². The predicted molar refractivity (Wildman–Crippen MR) is 90.9 cm³/mol. The number of aliphatic hydroxyl groups is 1. The Morgan fingerprint density at radius 1 is 1.29 bits per heavy atom. The van der Waals surface area contributed by atoms with Crippen LogP contribution in [-0.4, -0.2) is 43.9 Å². The second-order valence-electron chi connectivity index (χ2n) is 6.96. The molecule has 130 valence electrons. The third kappa shape index (κ3) is 4.61. The van der Waals surface area contributed by atoms with Crippen molar-refractivity contribution in [1.82, 2.24) is 25.5 Å². The van der Waals surface area contributed by atoms with Crippen LogP contribution in [0.5, 0.6) is 0 Å². The fraction of sp³-hybridized carbons (Fsp3) is 0.529. The molecular weight excluding hydrogens is 306 g/mol. The average molecular weight is 331 g/mol. The smallest absolute Gasteiger partial charge is 0.243 e. The first-order valence-electron chi connectivity index (χ1n) is 8.07. The SMILES string of the molecule is CC(C)C(O)C(C)(C)CNC(=O)Cn1nnc(-c2ccccc2)n1. The Kier molecular flexibility index (Phi) is 5.66. The van der Waals surface area contributed by atoms with Gasteiger partial charge in [0, 0.05) is 17.5 Å². The Morgan fingerprint density at radius 3 is 2.58 bits per heavy atom. The van der Waals surface area contributed by atoms with Crippen molar-refractivity contribution in [3.8, 4) is 11.4 Å². The van der Waals surface area contributed by atoms with Crippen molar-refractivity contribution in [2.45, 2.75) is 40.3 Å². The normalized spacial score (nSPS) is 13.1. The van der Waals surface area contributed by atoms with E-state index in [1.54, 1.807) is 0 Å². The minimum Gasteiger partial charge on any atom is -0.392 e. The van der Waals surface area contributed by atoms with E-state index in [0.29, 0.717) is 12.4 Å². The molecule has 7 heteroatoms. The lowest BCUT2D eigenvalue weighted by molar-refractivity contribution is -0.123. The van der Waals surface area contributed by atoms with Crippen LogP contribution in [-0.2, 0) is 11.3 Å². The Morgan fingerprint density at radius 2 is 1.96 bits per heavy atom. The van der Waals surface area contributed by atoms with Crippen molar-refractivity contribution >= 4 is 5.91 Å². The van der Waals surface area contributed by atoms with E-state index in [0.717, 1.165) is 5.56 Å². The van der Waals surface area contributed by atoms with Crippen molar-refractivity contribution in [2.75, 3.05) is 6.54 Å². The molecule has 0 aliphatic carbocycles. The van der Waals surface area contributed by atoms with Crippen molar-refractivity contribution in [3.63, 3.8) is 0 Å². The summed E-state index contributed by atoms with van der Waals surface area (Å²) < 4.78 is 0. The van der Waals surface area contributed by atoms with E-state index in [4.69, 9.17) is 0 Å². The molecule has 1 heterocycles. The molecule has 1 unspecified atom stereocenters. The van der Waals surface area contributed by atoms with Crippen LogP contribution < -0.4 is 5.32 Å². The van der Waals surface area contributed by atoms with Crippen LogP contribution in [0.15, 0.2) is 30.3 Å². The first-order valence-corrected chi connectivity index (χ1v) is 8.07. The summed E-state index contributed by atoms with van der Waals surface area (Å²) in [6.45, 7) is 8.15. The van der Waals surface area contributed by atoms with Gasteiger partial charge in [-0.2, -0.15) is 4.80 Å². The van der Waals surface area contributed by atoms with Gasteiger partial charge in [0.15, 0.2) is 0 Å². The van der Waals surface area contributed by atoms with Gasteiger partial charge in [0.2, 0.25) is 11.7 Å². The molecule has 1 amide bonds. The number of tetrazole rings is 1. The second kappa shape index (κ2) is 7.53. The molecule has 0 aliphatic heterocycles. The highest BCUT2D eigenvalue weighted by Crippen LogP contribution is 2.25. The summed E-state index contributed by atoms with van der Waals surface area (Å²) in [5, 5.41) is 25.1. The molecule has 0 saturated heterocycles. The molecular formula is C17H25N5O2. The van der Waals surface area contributed by atoms with Crippen LogP contribution in [0.25, 0.3) is 11.4 Å². The van der Waals surface area contributed by atoms with Gasteiger partial charge in [-0.3, -0.25) is 4.79 Å². The van der Waals surface area contributed by atoms with Gasteiger partial charge in [-0.15, -0.1) is 10.2 Å². The molecule has 1 aromatic carbocycles. The number of carbonyl (C=O) groups is 1. The Hall–Kier alpha value is -2.28. The van der Waals surface area contributed by atoms with Crippen LogP contribution in [0.1, 0.15) is 27.7 Å². The topological polar surface area (TPSA) is 92.9 Å². The number of amides is 1. The van der Waals surface area contributed by atoms with E-state index in [1.165, 1.54) is 4.80 Å². The fourth-order valence-corrected chi connectivity index (χ4v) is 2.53. The zero-order valence-corrected chi connectivity index (χ0v) is 14.6. The molecule has 2 N–H and O–H groups in total. The van der Waals surface area contributed by atoms with E-state index in [-0.39, 0.29) is 18.4 Å². The Balaban J connectivity index is 1.90. The zero-order chi connectivity index (χ0) is 17.7. The summed E-state index contributed by atoms with van der Waals surface area (Å²) in [6.07, 6.45) is -0.494. The van der Waals surface area contributed by atoms with Crippen LogP contribution in [0, 0.1) is 11.3 Å². The van der Waals surface area contributed by atoms with Gasteiger partial charge in [0.1, 0.15) is 6.54 Å². The molecule has 0 bridgehead atoms. The number of aliphatic hydroxyl groups excluding tert-OH is 1. The Labute approximate surface area is 142 Å². The molecule has 7 nitrogen and oxygen atoms in total. The first kappa shape index (κ1) is 18.1. The number of nitrogens with one attached hydrogen (secondary N) is 1. The third-order valence-electron chi connectivity index (χ3n) is 3.94. The summed E-state index contributed by atoms with van der Waals surface area (Å²) in [5.41, 5.74) is 0.444. The minimum atomic E-state index is -0.494. The largest absolute Gasteiger partial charge is 0.392 e. The van der Waals surface area contributed by atoms with Gasteiger partial charge >= 0.3 is 0 Å². The number of hydrogen-bond acceptors (Lipinski definition) is 5. The number of aromatic nitrogens is 4. The molecule has 0 saturated carbocycles. The van der Waals surface area contributed by atoms with Crippen molar-refractivity contribution in [3.05, 3.63) is 30.3 Å². The van der Waals surface area contributed by atoms with Crippen LogP contribution in [0.4, 0.5) is 0 Å². The van der Waals surface area contributed by atoms with Gasteiger partial charge < -0.3 is 10.4 Å². The van der Waals surface area contributed by atoms with Crippen LogP contribution in [0.2, 0.25) is 0 Å². The second-order valence-corrected chi connectivity index (χ2v) is 6.96. The van der Waals surface area contributed by atoms with Crippen LogP contribution in [0.3, 0.4) is 0 Å². The van der Waals surface area contributed by atoms with Gasteiger partial charge in [0.05, 0.1) is 6.10 Å². The molecule has 2 aromatic rings. The number of carbonyl (C=O) groups excluding carboxylic acids is 1. The summed E-state index contributed by atoms with van der Waals surface area (Å²) in [6, 6.07) is 9.47. The van der Waals surface area contributed by atoms with E-state index in [1.807, 2.05) is 58.0 Å². The molecule has 0 fully saturated rings. The molecule has 0 spiro atoms. The monoisotopic (exact) mass is 331 g/mol. The average Bonchev–Trinajstić information content (AvgIpc) is 3.01. The van der Waals surface area contributed by atoms with Crippen molar-refractivity contribution < 1.29 is 9.90 Å². The highest BCUT2D eigenvalue weighted by atomic mass is 16.3. The lowest BCUT2D eigenvalue weighted by Gasteiger charge is -2.33. The first-order chi connectivity index (χ1) is 11.3. The maximum absolute atomic E-state index is 12.1. The number of nitrogens with zero attached hydrogens (tertiary/aromatic N) is 4. The number of rotatable bonds is 7. The third-order valence-corrected chi connectivity index (χ3v) is 3.94. The maximum atomic E-state index is 12.1. The molecule has 0 aliphatic rings. The van der Waals surface area contributed by atoms with E-state index < -0.39 is 11.5 Å². The molecule has 24 heavy (non-hydrogen) atoms. The van der Waals surface area contributed by atoms with Gasteiger partial charge in [0.25, 0.3) is 0 Å². The summed E-state index contributed by atoms with van der Waals surface area (Å²) in [4.78, 5) is 13.3. The van der Waals surface area contributed by atoms with Crippen molar-refractivity contribution in [1.29, 1.82) is 0 Å². The summed E-state index contributed by atoms with van der Waals surface area (Å²) >= 11 is 0. The summed E-state index contributed by atoms with van der Waals surface area (Å²) in [7, 11) is 0.